The van der Waals surface area contributed by atoms with E-state index in [1.54, 1.807) is 7.05 Å². The van der Waals surface area contributed by atoms with Gasteiger partial charge in [-0.1, -0.05) is 0 Å². The molecule has 1 N–H and O–H groups in total. The molecule has 1 heterocycles. The topological polar surface area (TPSA) is 56.1 Å². The number of nitrogens with one attached hydrogen (secondary N) is 1. The molecule has 4 nitrogen and oxygen atoms in total. The molecule has 0 saturated carbocycles. The lowest BCUT2D eigenvalue weighted by atomic mass is 9.97. The van der Waals surface area contributed by atoms with Gasteiger partial charge in [-0.2, -0.15) is 5.26 Å². The van der Waals surface area contributed by atoms with Crippen molar-refractivity contribution in [3.8, 4) is 6.07 Å². The molecule has 0 aromatic carbocycles. The minimum absolute atomic E-state index is 0.0559. The van der Waals surface area contributed by atoms with Crippen molar-refractivity contribution < 1.29 is 4.79 Å². The van der Waals surface area contributed by atoms with Gasteiger partial charge in [-0.3, -0.25) is 9.69 Å². The summed E-state index contributed by atoms with van der Waals surface area (Å²) in [4.78, 5) is 13.5. The van der Waals surface area contributed by atoms with Gasteiger partial charge in [-0.25, -0.2) is 0 Å². The summed E-state index contributed by atoms with van der Waals surface area (Å²) in [6.45, 7) is 3.62. The average Bonchev–Trinajstić information content (AvgIpc) is 2.27. The highest BCUT2D eigenvalue weighted by Gasteiger charge is 2.25. The predicted molar refractivity (Wildman–Crippen MR) is 53.4 cm³/mol. The van der Waals surface area contributed by atoms with Crippen molar-refractivity contribution in [1.82, 2.24) is 10.2 Å². The van der Waals surface area contributed by atoms with Gasteiger partial charge in [0.15, 0.2) is 0 Å². The second-order valence-electron chi connectivity index (χ2n) is 3.73. The van der Waals surface area contributed by atoms with Crippen molar-refractivity contribution in [2.24, 2.45) is 5.92 Å². The third kappa shape index (κ3) is 2.46. The molecule has 1 rings (SSSR count). The van der Waals surface area contributed by atoms with Crippen LogP contribution in [0.4, 0.5) is 0 Å². The monoisotopic (exact) mass is 195 g/mol. The van der Waals surface area contributed by atoms with Crippen LogP contribution in [0.25, 0.3) is 0 Å². The fourth-order valence-electron chi connectivity index (χ4n) is 1.79. The van der Waals surface area contributed by atoms with E-state index in [4.69, 9.17) is 5.26 Å². The Morgan fingerprint density at radius 2 is 2.14 bits per heavy atom. The lowest BCUT2D eigenvalue weighted by Gasteiger charge is -2.32. The van der Waals surface area contributed by atoms with E-state index in [0.29, 0.717) is 0 Å². The molecule has 1 unspecified atom stereocenters. The first-order valence-electron chi connectivity index (χ1n) is 5.04. The summed E-state index contributed by atoms with van der Waals surface area (Å²) in [5.41, 5.74) is 0. The quantitative estimate of drug-likeness (QED) is 0.692. The Labute approximate surface area is 84.9 Å². The zero-order valence-electron chi connectivity index (χ0n) is 8.79. The van der Waals surface area contributed by atoms with E-state index < -0.39 is 0 Å². The van der Waals surface area contributed by atoms with Crippen molar-refractivity contribution in [2.45, 2.75) is 25.8 Å². The van der Waals surface area contributed by atoms with Crippen LogP contribution in [-0.4, -0.2) is 37.0 Å². The zero-order chi connectivity index (χ0) is 10.6. The summed E-state index contributed by atoms with van der Waals surface area (Å²) < 4.78 is 0. The van der Waals surface area contributed by atoms with Crippen molar-refractivity contribution in [2.75, 3.05) is 20.1 Å². The molecule has 14 heavy (non-hydrogen) atoms. The Morgan fingerprint density at radius 1 is 1.57 bits per heavy atom. The standard InChI is InChI=1S/C10H17N3O/c1-8(10(14)12-2)13-5-3-9(7-11)4-6-13/h8-9H,3-6H2,1-2H3,(H,12,14). The van der Waals surface area contributed by atoms with E-state index in [1.807, 2.05) is 6.92 Å². The molecule has 1 atom stereocenters. The summed E-state index contributed by atoms with van der Waals surface area (Å²) in [6, 6.07) is 2.21. The first kappa shape index (κ1) is 11.0. The Morgan fingerprint density at radius 3 is 2.57 bits per heavy atom. The van der Waals surface area contributed by atoms with Gasteiger partial charge in [-0.15, -0.1) is 0 Å². The number of hydrogen-bond acceptors (Lipinski definition) is 3. The van der Waals surface area contributed by atoms with E-state index in [-0.39, 0.29) is 17.9 Å². The van der Waals surface area contributed by atoms with Crippen LogP contribution in [0.1, 0.15) is 19.8 Å². The van der Waals surface area contributed by atoms with Gasteiger partial charge < -0.3 is 5.32 Å². The van der Waals surface area contributed by atoms with Crippen LogP contribution in [0.3, 0.4) is 0 Å². The van der Waals surface area contributed by atoms with E-state index in [1.165, 1.54) is 0 Å². The molecule has 4 heteroatoms. The fraction of sp³-hybridized carbons (Fsp3) is 0.800. The van der Waals surface area contributed by atoms with Gasteiger partial charge >= 0.3 is 0 Å². The van der Waals surface area contributed by atoms with Crippen LogP contribution in [-0.2, 0) is 4.79 Å². The number of piperidine rings is 1. The molecule has 0 aromatic rings. The van der Waals surface area contributed by atoms with Crippen LogP contribution in [0.5, 0.6) is 0 Å². The van der Waals surface area contributed by atoms with Gasteiger partial charge in [0.05, 0.1) is 12.1 Å². The number of amides is 1. The SMILES string of the molecule is CNC(=O)C(C)N1CCC(C#N)CC1. The number of nitriles is 1. The Bertz CT molecular complexity index is 238. The molecule has 78 valence electrons. The van der Waals surface area contributed by atoms with Crippen molar-refractivity contribution in [3.05, 3.63) is 0 Å². The summed E-state index contributed by atoms with van der Waals surface area (Å²) in [6.07, 6.45) is 1.77. The summed E-state index contributed by atoms with van der Waals surface area (Å²) in [5.74, 6) is 0.239. The normalized spacial score (nSPS) is 21.2. The maximum atomic E-state index is 11.3. The molecular weight excluding hydrogens is 178 g/mol. The highest BCUT2D eigenvalue weighted by Crippen LogP contribution is 2.17. The lowest BCUT2D eigenvalue weighted by Crippen LogP contribution is -2.47. The number of nitrogens with zero attached hydrogens (tertiary/aromatic N) is 2. The predicted octanol–water partition coefficient (Wildman–Crippen LogP) is 0.356. The molecule has 1 aliphatic rings. The molecule has 0 aromatic heterocycles. The molecule has 1 amide bonds. The second-order valence-corrected chi connectivity index (χ2v) is 3.73. The van der Waals surface area contributed by atoms with Crippen LogP contribution in [0.2, 0.25) is 0 Å². The Balaban J connectivity index is 2.42. The first-order chi connectivity index (χ1) is 6.69. The summed E-state index contributed by atoms with van der Waals surface area (Å²) in [5, 5.41) is 11.4. The average molecular weight is 195 g/mol. The fourth-order valence-corrected chi connectivity index (χ4v) is 1.79. The number of rotatable bonds is 2. The molecule has 1 fully saturated rings. The number of likely N-dealkylation sites (N-methyl/N-ethyl adjacent to an activating group) is 1. The molecule has 0 bridgehead atoms. The number of likely N-dealkylation sites (tertiary alicyclic amines) is 1. The third-order valence-corrected chi connectivity index (χ3v) is 2.89. The van der Waals surface area contributed by atoms with Crippen LogP contribution < -0.4 is 5.32 Å². The largest absolute Gasteiger partial charge is 0.358 e. The lowest BCUT2D eigenvalue weighted by molar-refractivity contribution is -0.125. The van der Waals surface area contributed by atoms with E-state index in [2.05, 4.69) is 16.3 Å². The first-order valence-corrected chi connectivity index (χ1v) is 5.04. The molecule has 0 spiro atoms. The molecule has 1 saturated heterocycles. The minimum atomic E-state index is -0.0698. The summed E-state index contributed by atoms with van der Waals surface area (Å²) >= 11 is 0. The van der Waals surface area contributed by atoms with E-state index in [0.717, 1.165) is 25.9 Å². The zero-order valence-corrected chi connectivity index (χ0v) is 8.79. The van der Waals surface area contributed by atoms with Crippen molar-refractivity contribution in [1.29, 1.82) is 5.26 Å². The second kappa shape index (κ2) is 4.97. The molecular formula is C10H17N3O. The molecule has 0 aliphatic carbocycles. The van der Waals surface area contributed by atoms with Crippen LogP contribution >= 0.6 is 0 Å². The number of carbonyl (C=O) groups excluding carboxylic acids is 1. The van der Waals surface area contributed by atoms with E-state index in [9.17, 15) is 4.79 Å². The van der Waals surface area contributed by atoms with Gasteiger partial charge in [0.25, 0.3) is 0 Å². The van der Waals surface area contributed by atoms with Crippen LogP contribution in [0.15, 0.2) is 0 Å². The highest BCUT2D eigenvalue weighted by atomic mass is 16.2. The maximum Gasteiger partial charge on any atom is 0.236 e. The number of carbonyl (C=O) groups is 1. The van der Waals surface area contributed by atoms with Crippen molar-refractivity contribution in [3.63, 3.8) is 0 Å². The Hall–Kier alpha value is -1.08. The molecule has 1 aliphatic heterocycles. The smallest absolute Gasteiger partial charge is 0.236 e. The Kier molecular flexibility index (Phi) is 3.90. The maximum absolute atomic E-state index is 11.3. The third-order valence-electron chi connectivity index (χ3n) is 2.89. The highest BCUT2D eigenvalue weighted by molar-refractivity contribution is 5.80. The minimum Gasteiger partial charge on any atom is -0.358 e. The number of hydrogen-bond donors (Lipinski definition) is 1. The van der Waals surface area contributed by atoms with Gasteiger partial charge in [-0.05, 0) is 19.8 Å². The summed E-state index contributed by atoms with van der Waals surface area (Å²) in [7, 11) is 1.65. The van der Waals surface area contributed by atoms with Crippen molar-refractivity contribution >= 4 is 5.91 Å². The van der Waals surface area contributed by atoms with Gasteiger partial charge in [0.1, 0.15) is 0 Å². The van der Waals surface area contributed by atoms with Gasteiger partial charge in [0.2, 0.25) is 5.91 Å². The molecule has 0 radical (unpaired) electrons. The van der Waals surface area contributed by atoms with E-state index >= 15 is 0 Å². The van der Waals surface area contributed by atoms with Gasteiger partial charge in [0, 0.05) is 26.1 Å². The van der Waals surface area contributed by atoms with Crippen LogP contribution in [0, 0.1) is 17.2 Å².